The summed E-state index contributed by atoms with van der Waals surface area (Å²) in [5.74, 6) is 1.76. The lowest BCUT2D eigenvalue weighted by molar-refractivity contribution is -0.111. The number of aldehydes is 1. The maximum Gasteiger partial charge on any atom is 0.123 e. The second-order valence-corrected chi connectivity index (χ2v) is 4.12. The summed E-state index contributed by atoms with van der Waals surface area (Å²) in [5, 5.41) is 0. The minimum atomic E-state index is 0.333. The van der Waals surface area contributed by atoms with Crippen molar-refractivity contribution in [3.05, 3.63) is 12.2 Å². The minimum Gasteiger partial charge on any atom is -0.303 e. The highest BCUT2D eigenvalue weighted by Gasteiger charge is 2.25. The molecule has 0 N–H and O–H groups in total. The zero-order valence-corrected chi connectivity index (χ0v) is 7.41. The number of hydrogen-bond acceptors (Lipinski definition) is 1. The molecule has 2 saturated carbocycles. The van der Waals surface area contributed by atoms with Crippen LogP contribution in [0.25, 0.3) is 0 Å². The first kappa shape index (κ1) is 8.03. The van der Waals surface area contributed by atoms with Crippen LogP contribution >= 0.6 is 0 Å². The van der Waals surface area contributed by atoms with Crippen molar-refractivity contribution in [1.82, 2.24) is 0 Å². The highest BCUT2D eigenvalue weighted by atomic mass is 16.1. The van der Waals surface area contributed by atoms with E-state index in [0.29, 0.717) is 11.8 Å². The average molecular weight is 164 g/mol. The van der Waals surface area contributed by atoms with E-state index in [-0.39, 0.29) is 0 Å². The minimum absolute atomic E-state index is 0.333. The molecule has 0 bridgehead atoms. The van der Waals surface area contributed by atoms with E-state index in [1.807, 2.05) is 0 Å². The molecule has 1 nitrogen and oxygen atoms in total. The van der Waals surface area contributed by atoms with Crippen molar-refractivity contribution in [1.29, 1.82) is 0 Å². The van der Waals surface area contributed by atoms with Crippen molar-refractivity contribution in [3.63, 3.8) is 0 Å². The third kappa shape index (κ3) is 1.77. The zero-order valence-electron chi connectivity index (χ0n) is 7.41. The molecule has 66 valence electrons. The Morgan fingerprint density at radius 3 is 2.33 bits per heavy atom. The third-order valence-corrected chi connectivity index (χ3v) is 3.05. The van der Waals surface area contributed by atoms with Crippen LogP contribution in [-0.4, -0.2) is 6.29 Å². The Labute approximate surface area is 73.8 Å². The lowest BCUT2D eigenvalue weighted by atomic mass is 9.97. The van der Waals surface area contributed by atoms with E-state index in [1.54, 1.807) is 0 Å². The molecule has 0 saturated heterocycles. The smallest absolute Gasteiger partial charge is 0.123 e. The quantitative estimate of drug-likeness (QED) is 0.463. The van der Waals surface area contributed by atoms with Gasteiger partial charge in [0, 0.05) is 5.92 Å². The molecule has 0 aromatic heterocycles. The van der Waals surface area contributed by atoms with Gasteiger partial charge in [-0.1, -0.05) is 18.6 Å². The summed E-state index contributed by atoms with van der Waals surface area (Å²) in [4.78, 5) is 10.6. The Bertz CT molecular complexity index is 191. The molecule has 0 spiro atoms. The zero-order chi connectivity index (χ0) is 8.39. The highest BCUT2D eigenvalue weighted by molar-refractivity contribution is 5.55. The van der Waals surface area contributed by atoms with Crippen molar-refractivity contribution in [2.24, 2.45) is 17.8 Å². The summed E-state index contributed by atoms with van der Waals surface area (Å²) in [6.45, 7) is 0. The van der Waals surface area contributed by atoms with Crippen LogP contribution < -0.4 is 0 Å². The molecule has 2 aliphatic rings. The van der Waals surface area contributed by atoms with Crippen LogP contribution in [0, 0.1) is 17.8 Å². The van der Waals surface area contributed by atoms with Gasteiger partial charge in [0.05, 0.1) is 0 Å². The van der Waals surface area contributed by atoms with Gasteiger partial charge in [0.15, 0.2) is 0 Å². The lowest BCUT2D eigenvalue weighted by Gasteiger charge is -2.07. The molecule has 0 heterocycles. The molecule has 12 heavy (non-hydrogen) atoms. The molecular weight excluding hydrogens is 148 g/mol. The van der Waals surface area contributed by atoms with E-state index in [9.17, 15) is 4.79 Å². The second kappa shape index (κ2) is 3.42. The van der Waals surface area contributed by atoms with Crippen LogP contribution in [0.1, 0.15) is 32.1 Å². The predicted octanol–water partition coefficient (Wildman–Crippen LogP) is 2.57. The van der Waals surface area contributed by atoms with Crippen molar-refractivity contribution in [2.45, 2.75) is 32.1 Å². The van der Waals surface area contributed by atoms with Gasteiger partial charge in [0.1, 0.15) is 6.29 Å². The lowest BCUT2D eigenvalue weighted by Crippen LogP contribution is -2.05. The summed E-state index contributed by atoms with van der Waals surface area (Å²) in [5.41, 5.74) is 0. The van der Waals surface area contributed by atoms with E-state index in [4.69, 9.17) is 0 Å². The fraction of sp³-hybridized carbons (Fsp3) is 0.727. The first-order chi connectivity index (χ1) is 5.90. The SMILES string of the molecule is O=C[C@@H]1CCC[C@H]1/C=C/C1CC1. The summed E-state index contributed by atoms with van der Waals surface area (Å²) < 4.78 is 0. The van der Waals surface area contributed by atoms with E-state index < -0.39 is 0 Å². The molecule has 0 radical (unpaired) electrons. The standard InChI is InChI=1S/C11H16O/c12-8-11-3-1-2-10(11)7-6-9-4-5-9/h6-11H,1-5H2/b7-6+/t10-,11-/m0/s1. The van der Waals surface area contributed by atoms with Crippen molar-refractivity contribution >= 4 is 6.29 Å². The monoisotopic (exact) mass is 164 g/mol. The number of carbonyl (C=O) groups is 1. The Morgan fingerprint density at radius 2 is 1.67 bits per heavy atom. The Kier molecular flexibility index (Phi) is 2.29. The Balaban J connectivity index is 1.88. The van der Waals surface area contributed by atoms with Gasteiger partial charge in [0.2, 0.25) is 0 Å². The van der Waals surface area contributed by atoms with Crippen LogP contribution in [0.2, 0.25) is 0 Å². The maximum atomic E-state index is 10.6. The largest absolute Gasteiger partial charge is 0.303 e. The summed E-state index contributed by atoms with van der Waals surface area (Å²) >= 11 is 0. The van der Waals surface area contributed by atoms with Gasteiger partial charge in [-0.3, -0.25) is 0 Å². The topological polar surface area (TPSA) is 17.1 Å². The van der Waals surface area contributed by atoms with E-state index >= 15 is 0 Å². The molecule has 0 amide bonds. The normalized spacial score (nSPS) is 36.0. The van der Waals surface area contributed by atoms with Gasteiger partial charge in [0.25, 0.3) is 0 Å². The average Bonchev–Trinajstić information content (AvgIpc) is 2.81. The first-order valence-electron chi connectivity index (χ1n) is 5.04. The second-order valence-electron chi connectivity index (χ2n) is 4.12. The van der Waals surface area contributed by atoms with Crippen LogP contribution in [-0.2, 0) is 4.79 Å². The predicted molar refractivity (Wildman–Crippen MR) is 48.8 cm³/mol. The van der Waals surface area contributed by atoms with Gasteiger partial charge in [-0.25, -0.2) is 0 Å². The number of allylic oxidation sites excluding steroid dienone is 2. The van der Waals surface area contributed by atoms with Gasteiger partial charge in [-0.15, -0.1) is 0 Å². The van der Waals surface area contributed by atoms with E-state index in [2.05, 4.69) is 12.2 Å². The third-order valence-electron chi connectivity index (χ3n) is 3.05. The van der Waals surface area contributed by atoms with Crippen molar-refractivity contribution < 1.29 is 4.79 Å². The van der Waals surface area contributed by atoms with Gasteiger partial charge in [-0.2, -0.15) is 0 Å². The molecule has 2 rings (SSSR count). The molecule has 2 aliphatic carbocycles. The van der Waals surface area contributed by atoms with Gasteiger partial charge in [-0.05, 0) is 37.5 Å². The molecule has 1 heteroatoms. The number of rotatable bonds is 3. The van der Waals surface area contributed by atoms with Crippen LogP contribution in [0.4, 0.5) is 0 Å². The molecular formula is C11H16O. The summed E-state index contributed by atoms with van der Waals surface area (Å²) in [6.07, 6.45) is 12.1. The fourth-order valence-corrected chi connectivity index (χ4v) is 2.01. The number of hydrogen-bond donors (Lipinski definition) is 0. The van der Waals surface area contributed by atoms with Gasteiger partial charge < -0.3 is 4.79 Å². The van der Waals surface area contributed by atoms with Crippen LogP contribution in [0.15, 0.2) is 12.2 Å². The fourth-order valence-electron chi connectivity index (χ4n) is 2.01. The Morgan fingerprint density at radius 1 is 0.917 bits per heavy atom. The van der Waals surface area contributed by atoms with Crippen molar-refractivity contribution in [2.75, 3.05) is 0 Å². The number of carbonyl (C=O) groups excluding carboxylic acids is 1. The summed E-state index contributed by atoms with van der Waals surface area (Å²) in [6, 6.07) is 0. The van der Waals surface area contributed by atoms with E-state index in [1.165, 1.54) is 25.7 Å². The molecule has 0 aromatic rings. The molecule has 2 atom stereocenters. The molecule has 0 aliphatic heterocycles. The molecule has 2 fully saturated rings. The first-order valence-corrected chi connectivity index (χ1v) is 5.04. The van der Waals surface area contributed by atoms with Crippen molar-refractivity contribution in [3.8, 4) is 0 Å². The maximum absolute atomic E-state index is 10.6. The molecule has 0 aromatic carbocycles. The Hall–Kier alpha value is -0.590. The molecule has 0 unspecified atom stereocenters. The van der Waals surface area contributed by atoms with Crippen LogP contribution in [0.3, 0.4) is 0 Å². The van der Waals surface area contributed by atoms with E-state index in [0.717, 1.165) is 18.6 Å². The summed E-state index contributed by atoms with van der Waals surface area (Å²) in [7, 11) is 0. The van der Waals surface area contributed by atoms with Gasteiger partial charge >= 0.3 is 0 Å². The highest BCUT2D eigenvalue weighted by Crippen LogP contribution is 2.35. The van der Waals surface area contributed by atoms with Crippen LogP contribution in [0.5, 0.6) is 0 Å².